The van der Waals surface area contributed by atoms with E-state index in [1.54, 1.807) is 0 Å². The average Bonchev–Trinajstić information content (AvgIpc) is 3.59. The smallest absolute Gasteiger partial charge is 0.225 e. The van der Waals surface area contributed by atoms with Gasteiger partial charge in [0.15, 0.2) is 6.29 Å². The van der Waals surface area contributed by atoms with Crippen LogP contribution in [0.5, 0.6) is 0 Å². The van der Waals surface area contributed by atoms with Crippen LogP contribution in [0.4, 0.5) is 0 Å². The second-order valence-corrected chi connectivity index (χ2v) is 17.6. The predicted molar refractivity (Wildman–Crippen MR) is 166 cm³/mol. The number of rotatable bonds is 5. The number of hydrogen-bond donors (Lipinski definition) is 2. The fraction of sp³-hybridized carbons (Fsp3) is 0.972. The molecule has 5 aliphatic carbocycles. The average molecular weight is 601 g/mol. The third kappa shape index (κ3) is 3.99. The number of nitrogens with zero attached hydrogens (tertiary/aromatic N) is 1. The van der Waals surface area contributed by atoms with Crippen LogP contribution in [-0.4, -0.2) is 79.9 Å². The van der Waals surface area contributed by atoms with E-state index in [1.807, 2.05) is 25.8 Å². The van der Waals surface area contributed by atoms with Crippen LogP contribution in [0.25, 0.3) is 0 Å². The Labute approximate surface area is 260 Å². The molecule has 13 atom stereocenters. The maximum Gasteiger partial charge on any atom is 0.225 e. The number of hydrogen-bond acceptors (Lipinski definition) is 6. The zero-order valence-corrected chi connectivity index (χ0v) is 28.3. The standard InChI is InChI=1S/C36H60N2O5/c1-21(2)31(40)38-15-16-41-27(19-38)43-26-11-12-35-20-36(35)14-13-33(6)28-22(3)17-23(18-37-8)42-29(28)30(39)34(33,7)25(36)10-9-24(35)32(26,4)5/h21-30,37,39H,9-20H2,1-8H3/t22-,23?,24+,25?,26?,27+,28+,29?,30+,33-,34-,35-,36+/m1/s1. The summed E-state index contributed by atoms with van der Waals surface area (Å²) >= 11 is 0. The van der Waals surface area contributed by atoms with E-state index in [4.69, 9.17) is 14.2 Å². The Kier molecular flexibility index (Phi) is 7.28. The van der Waals surface area contributed by atoms with Crippen LogP contribution in [0.15, 0.2) is 0 Å². The van der Waals surface area contributed by atoms with Crippen molar-refractivity contribution in [3.63, 3.8) is 0 Å². The number of aliphatic hydroxyl groups excluding tert-OH is 1. The highest BCUT2D eigenvalue weighted by molar-refractivity contribution is 5.78. The van der Waals surface area contributed by atoms with Gasteiger partial charge in [0.05, 0.1) is 37.6 Å². The third-order valence-electron chi connectivity index (χ3n) is 15.4. The molecule has 0 bridgehead atoms. The second kappa shape index (κ2) is 10.1. The molecule has 0 aromatic rings. The van der Waals surface area contributed by atoms with E-state index in [-0.39, 0.29) is 52.7 Å². The van der Waals surface area contributed by atoms with Gasteiger partial charge in [-0.15, -0.1) is 0 Å². The maximum atomic E-state index is 12.7. The minimum atomic E-state index is -0.395. The van der Waals surface area contributed by atoms with E-state index in [0.29, 0.717) is 54.2 Å². The van der Waals surface area contributed by atoms with Crippen LogP contribution >= 0.6 is 0 Å². The lowest BCUT2D eigenvalue weighted by molar-refractivity contribution is -0.248. The van der Waals surface area contributed by atoms with Crippen molar-refractivity contribution in [2.75, 3.05) is 33.3 Å². The van der Waals surface area contributed by atoms with Crippen LogP contribution < -0.4 is 5.32 Å². The first-order chi connectivity index (χ1) is 20.3. The molecule has 0 aromatic carbocycles. The monoisotopic (exact) mass is 600 g/mol. The summed E-state index contributed by atoms with van der Waals surface area (Å²) in [6.07, 6.45) is 9.20. The van der Waals surface area contributed by atoms with Crippen molar-refractivity contribution >= 4 is 5.91 Å². The molecule has 7 nitrogen and oxygen atoms in total. The largest absolute Gasteiger partial charge is 0.390 e. The van der Waals surface area contributed by atoms with Gasteiger partial charge in [0.2, 0.25) is 5.91 Å². The quantitative estimate of drug-likeness (QED) is 0.449. The molecule has 7 heteroatoms. The molecule has 244 valence electrons. The van der Waals surface area contributed by atoms with Crippen molar-refractivity contribution in [3.8, 4) is 0 Å². The summed E-state index contributed by atoms with van der Waals surface area (Å²) in [6.45, 7) is 18.9. The van der Waals surface area contributed by atoms with Crippen molar-refractivity contribution < 1.29 is 24.1 Å². The summed E-state index contributed by atoms with van der Waals surface area (Å²) < 4.78 is 19.7. The number of fused-ring (bicyclic) bond motifs is 4. The minimum Gasteiger partial charge on any atom is -0.390 e. The van der Waals surface area contributed by atoms with Crippen LogP contribution in [0, 0.1) is 56.7 Å². The number of ether oxygens (including phenoxy) is 3. The van der Waals surface area contributed by atoms with E-state index in [2.05, 4.69) is 39.9 Å². The van der Waals surface area contributed by atoms with E-state index >= 15 is 0 Å². The molecule has 4 unspecified atom stereocenters. The molecule has 2 aliphatic heterocycles. The van der Waals surface area contributed by atoms with Gasteiger partial charge in [0, 0.05) is 24.4 Å². The summed E-state index contributed by atoms with van der Waals surface area (Å²) in [6, 6.07) is 0. The first-order valence-electron chi connectivity index (χ1n) is 17.8. The number of nitrogens with one attached hydrogen (secondary N) is 1. The molecule has 43 heavy (non-hydrogen) atoms. The summed E-state index contributed by atoms with van der Waals surface area (Å²) in [5, 5.41) is 15.7. The molecule has 0 radical (unpaired) electrons. The molecule has 2 spiro atoms. The third-order valence-corrected chi connectivity index (χ3v) is 15.4. The van der Waals surface area contributed by atoms with Gasteiger partial charge in [0.1, 0.15) is 0 Å². The first kappa shape index (κ1) is 30.9. The SMILES string of the molecule is CNCC1C[C@@H](C)[C@H]2C(O1)[C@H](O)[C@@]1(C)C3CC[C@H]4C(C)(C)C(O[C@H]5CN(C(=O)C(C)C)CCO5)CC[C@@]45C[C@@]35CC[C@]21C. The summed E-state index contributed by atoms with van der Waals surface area (Å²) in [5.41, 5.74) is 0.753. The minimum absolute atomic E-state index is 0.00272. The lowest BCUT2D eigenvalue weighted by atomic mass is 9.41. The molecule has 2 saturated heterocycles. The van der Waals surface area contributed by atoms with Crippen LogP contribution in [0.1, 0.15) is 99.8 Å². The molecule has 7 fully saturated rings. The lowest BCUT2D eigenvalue weighted by Crippen LogP contribution is -2.60. The van der Waals surface area contributed by atoms with Gasteiger partial charge < -0.3 is 29.5 Å². The zero-order chi connectivity index (χ0) is 30.7. The van der Waals surface area contributed by atoms with Crippen molar-refractivity contribution in [1.29, 1.82) is 0 Å². The summed E-state index contributed by atoms with van der Waals surface area (Å²) in [5.74, 6) is 2.37. The fourth-order valence-corrected chi connectivity index (χ4v) is 13.4. The molecule has 5 saturated carbocycles. The number of morpholine rings is 1. The highest BCUT2D eigenvalue weighted by Gasteiger charge is 2.84. The Morgan fingerprint density at radius 1 is 1.07 bits per heavy atom. The second-order valence-electron chi connectivity index (χ2n) is 17.6. The van der Waals surface area contributed by atoms with Gasteiger partial charge >= 0.3 is 0 Å². The molecule has 0 aromatic heterocycles. The highest BCUT2D eigenvalue weighted by Crippen LogP contribution is 2.89. The maximum absolute atomic E-state index is 12.7. The predicted octanol–water partition coefficient (Wildman–Crippen LogP) is 5.25. The van der Waals surface area contributed by atoms with Gasteiger partial charge in [-0.1, -0.05) is 48.5 Å². The van der Waals surface area contributed by atoms with Crippen LogP contribution in [0.3, 0.4) is 0 Å². The van der Waals surface area contributed by atoms with E-state index in [0.717, 1.165) is 19.4 Å². The highest BCUT2D eigenvalue weighted by atomic mass is 16.7. The Bertz CT molecular complexity index is 1110. The molecule has 2 N–H and O–H groups in total. The zero-order valence-electron chi connectivity index (χ0n) is 28.3. The Morgan fingerprint density at radius 3 is 2.51 bits per heavy atom. The van der Waals surface area contributed by atoms with E-state index in [9.17, 15) is 9.90 Å². The number of carbonyl (C=O) groups excluding carboxylic acids is 1. The number of amides is 1. The van der Waals surface area contributed by atoms with Crippen LogP contribution in [-0.2, 0) is 19.0 Å². The molecule has 2 heterocycles. The summed E-state index contributed by atoms with van der Waals surface area (Å²) in [7, 11) is 2.01. The van der Waals surface area contributed by atoms with Crippen molar-refractivity contribution in [3.05, 3.63) is 0 Å². The number of aliphatic hydroxyl groups is 1. The van der Waals surface area contributed by atoms with Gasteiger partial charge in [0.25, 0.3) is 0 Å². The molecule has 1 amide bonds. The van der Waals surface area contributed by atoms with Crippen molar-refractivity contribution in [1.82, 2.24) is 10.2 Å². The molecule has 7 aliphatic rings. The lowest BCUT2D eigenvalue weighted by Gasteiger charge is -2.64. The Balaban J connectivity index is 1.11. The Hall–Kier alpha value is -0.730. The molecule has 7 rings (SSSR count). The van der Waals surface area contributed by atoms with Gasteiger partial charge in [-0.05, 0) is 104 Å². The van der Waals surface area contributed by atoms with Gasteiger partial charge in [-0.3, -0.25) is 4.79 Å². The van der Waals surface area contributed by atoms with Gasteiger partial charge in [-0.25, -0.2) is 0 Å². The van der Waals surface area contributed by atoms with Crippen LogP contribution in [0.2, 0.25) is 0 Å². The molecular formula is C36H60N2O5. The van der Waals surface area contributed by atoms with E-state index < -0.39 is 6.10 Å². The van der Waals surface area contributed by atoms with Crippen molar-refractivity contribution in [2.24, 2.45) is 56.7 Å². The van der Waals surface area contributed by atoms with Crippen molar-refractivity contribution in [2.45, 2.75) is 131 Å². The Morgan fingerprint density at radius 2 is 1.79 bits per heavy atom. The summed E-state index contributed by atoms with van der Waals surface area (Å²) in [4.78, 5) is 14.7. The first-order valence-corrected chi connectivity index (χ1v) is 17.8. The van der Waals surface area contributed by atoms with E-state index in [1.165, 1.54) is 38.5 Å². The van der Waals surface area contributed by atoms with Gasteiger partial charge in [-0.2, -0.15) is 0 Å². The topological polar surface area (TPSA) is 80.3 Å². The number of likely N-dealkylation sites (N-methyl/N-ethyl adjacent to an activating group) is 1. The number of carbonyl (C=O) groups is 1. The fourth-order valence-electron chi connectivity index (χ4n) is 13.4. The normalized spacial score (nSPS) is 53.3. The molecular weight excluding hydrogens is 540 g/mol.